The Balaban J connectivity index is 2.36. The number of sulfonamides is 1. The van der Waals surface area contributed by atoms with Gasteiger partial charge < -0.3 is 9.84 Å². The summed E-state index contributed by atoms with van der Waals surface area (Å²) in [6, 6.07) is 2.92. The van der Waals surface area contributed by atoms with Gasteiger partial charge in [0.15, 0.2) is 0 Å². The Morgan fingerprint density at radius 2 is 1.90 bits per heavy atom. The molecule has 1 aliphatic rings. The summed E-state index contributed by atoms with van der Waals surface area (Å²) in [5.41, 5.74) is 1.86. The molecule has 0 amide bonds. The summed E-state index contributed by atoms with van der Waals surface area (Å²) in [6.45, 7) is 3.76. The van der Waals surface area contributed by atoms with Gasteiger partial charge in [-0.2, -0.15) is 0 Å². The number of hydrogen-bond donors (Lipinski definition) is 2. The summed E-state index contributed by atoms with van der Waals surface area (Å²) in [7, 11) is -2.24. The van der Waals surface area contributed by atoms with Gasteiger partial charge in [-0.3, -0.25) is 0 Å². The number of hydrogen-bond acceptors (Lipinski definition) is 4. The molecule has 2 atom stereocenters. The molecular weight excluding hydrogens is 278 g/mol. The lowest BCUT2D eigenvalue weighted by Crippen LogP contribution is -2.39. The lowest BCUT2D eigenvalue weighted by Gasteiger charge is -2.18. The molecule has 0 aliphatic heterocycles. The van der Waals surface area contributed by atoms with Gasteiger partial charge in [0.1, 0.15) is 10.6 Å². The number of nitrogens with one attached hydrogen (secondary N) is 1. The zero-order valence-electron chi connectivity index (χ0n) is 12.0. The number of methoxy groups -OCH3 is 1. The van der Waals surface area contributed by atoms with E-state index >= 15 is 0 Å². The molecule has 1 aromatic carbocycles. The molecular formula is C14H21NO4S. The number of ether oxygens (including phenoxy) is 1. The van der Waals surface area contributed by atoms with Gasteiger partial charge in [-0.05, 0) is 56.4 Å². The summed E-state index contributed by atoms with van der Waals surface area (Å²) in [5.74, 6) is 0.327. The topological polar surface area (TPSA) is 75.6 Å². The largest absolute Gasteiger partial charge is 0.495 e. The minimum atomic E-state index is -3.69. The van der Waals surface area contributed by atoms with E-state index in [0.29, 0.717) is 18.6 Å². The number of benzene rings is 1. The van der Waals surface area contributed by atoms with Gasteiger partial charge in [0.25, 0.3) is 0 Å². The molecule has 0 saturated heterocycles. The van der Waals surface area contributed by atoms with E-state index in [4.69, 9.17) is 4.74 Å². The number of rotatable bonds is 4. The monoisotopic (exact) mass is 299 g/mol. The third kappa shape index (κ3) is 2.97. The zero-order chi connectivity index (χ0) is 14.9. The molecule has 2 rings (SSSR count). The van der Waals surface area contributed by atoms with E-state index in [9.17, 15) is 13.5 Å². The molecule has 5 nitrogen and oxygen atoms in total. The summed E-state index contributed by atoms with van der Waals surface area (Å²) in [5, 5.41) is 9.77. The van der Waals surface area contributed by atoms with Crippen LogP contribution in [-0.2, 0) is 10.0 Å². The molecule has 1 saturated carbocycles. The Morgan fingerprint density at radius 1 is 1.25 bits per heavy atom. The van der Waals surface area contributed by atoms with Gasteiger partial charge >= 0.3 is 0 Å². The highest BCUT2D eigenvalue weighted by molar-refractivity contribution is 7.89. The molecule has 20 heavy (non-hydrogen) atoms. The average Bonchev–Trinajstić information content (AvgIpc) is 2.77. The second kappa shape index (κ2) is 5.71. The van der Waals surface area contributed by atoms with Gasteiger partial charge in [-0.25, -0.2) is 13.1 Å². The van der Waals surface area contributed by atoms with Crippen LogP contribution in [0.4, 0.5) is 0 Å². The highest BCUT2D eigenvalue weighted by atomic mass is 32.2. The van der Waals surface area contributed by atoms with Crippen molar-refractivity contribution in [2.45, 2.75) is 50.2 Å². The molecule has 0 spiro atoms. The van der Waals surface area contributed by atoms with Crippen molar-refractivity contribution in [2.24, 2.45) is 0 Å². The van der Waals surface area contributed by atoms with Gasteiger partial charge in [-0.15, -0.1) is 0 Å². The number of aliphatic hydroxyl groups is 1. The first-order valence-electron chi connectivity index (χ1n) is 6.71. The first-order chi connectivity index (χ1) is 9.35. The van der Waals surface area contributed by atoms with Crippen LogP contribution in [0, 0.1) is 13.8 Å². The summed E-state index contributed by atoms with van der Waals surface area (Å²) >= 11 is 0. The van der Waals surface area contributed by atoms with E-state index < -0.39 is 22.2 Å². The average molecular weight is 299 g/mol. The highest BCUT2D eigenvalue weighted by Crippen LogP contribution is 2.29. The Hall–Kier alpha value is -1.11. The zero-order valence-corrected chi connectivity index (χ0v) is 12.8. The number of aryl methyl sites for hydroxylation is 2. The van der Waals surface area contributed by atoms with E-state index in [-0.39, 0.29) is 4.90 Å². The van der Waals surface area contributed by atoms with Crippen molar-refractivity contribution in [3.8, 4) is 5.75 Å². The molecule has 1 fully saturated rings. The van der Waals surface area contributed by atoms with E-state index in [1.807, 2.05) is 13.8 Å². The lowest BCUT2D eigenvalue weighted by molar-refractivity contribution is 0.159. The molecule has 2 unspecified atom stereocenters. The Kier molecular flexibility index (Phi) is 4.36. The van der Waals surface area contributed by atoms with Crippen LogP contribution in [-0.4, -0.2) is 32.8 Å². The number of aliphatic hydroxyl groups excluding tert-OH is 1. The minimum Gasteiger partial charge on any atom is -0.495 e. The molecule has 0 radical (unpaired) electrons. The summed E-state index contributed by atoms with van der Waals surface area (Å²) < 4.78 is 32.7. The van der Waals surface area contributed by atoms with Crippen molar-refractivity contribution in [1.82, 2.24) is 4.72 Å². The predicted molar refractivity (Wildman–Crippen MR) is 76.4 cm³/mol. The van der Waals surface area contributed by atoms with Crippen molar-refractivity contribution in [2.75, 3.05) is 7.11 Å². The van der Waals surface area contributed by atoms with Gasteiger partial charge in [0.05, 0.1) is 13.2 Å². The summed E-state index contributed by atoms with van der Waals surface area (Å²) in [4.78, 5) is 0.127. The second-order valence-corrected chi connectivity index (χ2v) is 7.00. The SMILES string of the molecule is COc1cc(C)c(C)cc1S(=O)(=O)NC1CCCC1O. The van der Waals surface area contributed by atoms with Crippen LogP contribution in [0.3, 0.4) is 0 Å². The quantitative estimate of drug-likeness (QED) is 0.883. The van der Waals surface area contributed by atoms with Crippen molar-refractivity contribution in [1.29, 1.82) is 0 Å². The maximum Gasteiger partial charge on any atom is 0.244 e. The normalized spacial score (nSPS) is 23.0. The van der Waals surface area contributed by atoms with E-state index in [1.165, 1.54) is 7.11 Å². The van der Waals surface area contributed by atoms with Crippen molar-refractivity contribution in [3.05, 3.63) is 23.3 Å². The van der Waals surface area contributed by atoms with Crippen LogP contribution in [0.5, 0.6) is 5.75 Å². The fourth-order valence-electron chi connectivity index (χ4n) is 2.47. The lowest BCUT2D eigenvalue weighted by atomic mass is 10.1. The maximum atomic E-state index is 12.5. The van der Waals surface area contributed by atoms with Crippen LogP contribution < -0.4 is 9.46 Å². The molecule has 2 N–H and O–H groups in total. The third-order valence-electron chi connectivity index (χ3n) is 3.86. The Morgan fingerprint density at radius 3 is 2.45 bits per heavy atom. The van der Waals surface area contributed by atoms with Crippen molar-refractivity contribution in [3.63, 3.8) is 0 Å². The minimum absolute atomic E-state index is 0.127. The van der Waals surface area contributed by atoms with E-state index in [2.05, 4.69) is 4.72 Å². The Bertz CT molecular complexity index is 597. The van der Waals surface area contributed by atoms with Crippen LogP contribution in [0.2, 0.25) is 0 Å². The van der Waals surface area contributed by atoms with Crippen LogP contribution in [0.1, 0.15) is 30.4 Å². The molecule has 6 heteroatoms. The van der Waals surface area contributed by atoms with Gasteiger partial charge in [-0.1, -0.05) is 0 Å². The van der Waals surface area contributed by atoms with Gasteiger partial charge in [0.2, 0.25) is 10.0 Å². The maximum absolute atomic E-state index is 12.5. The highest BCUT2D eigenvalue weighted by Gasteiger charge is 2.31. The van der Waals surface area contributed by atoms with Crippen molar-refractivity contribution >= 4 is 10.0 Å². The molecule has 0 heterocycles. The predicted octanol–water partition coefficient (Wildman–Crippen LogP) is 1.50. The Labute approximate surface area is 120 Å². The van der Waals surface area contributed by atoms with Gasteiger partial charge in [0, 0.05) is 6.04 Å². The molecule has 1 aliphatic carbocycles. The molecule has 1 aromatic rings. The fraction of sp³-hybridized carbons (Fsp3) is 0.571. The second-order valence-electron chi connectivity index (χ2n) is 5.31. The van der Waals surface area contributed by atoms with Crippen LogP contribution >= 0.6 is 0 Å². The third-order valence-corrected chi connectivity index (χ3v) is 5.37. The fourth-order valence-corrected chi connectivity index (χ4v) is 4.01. The molecule has 0 bridgehead atoms. The van der Waals surface area contributed by atoms with E-state index in [0.717, 1.165) is 17.5 Å². The molecule has 0 aromatic heterocycles. The van der Waals surface area contributed by atoms with E-state index in [1.54, 1.807) is 12.1 Å². The summed E-state index contributed by atoms with van der Waals surface area (Å²) in [6.07, 6.45) is 1.52. The first kappa shape index (κ1) is 15.3. The smallest absolute Gasteiger partial charge is 0.244 e. The van der Waals surface area contributed by atoms with Crippen LogP contribution in [0.15, 0.2) is 17.0 Å². The first-order valence-corrected chi connectivity index (χ1v) is 8.19. The molecule has 112 valence electrons. The standard InChI is InChI=1S/C14H21NO4S/c1-9-7-13(19-3)14(8-10(9)2)20(17,18)15-11-5-4-6-12(11)16/h7-8,11-12,15-16H,4-6H2,1-3H3. The van der Waals surface area contributed by atoms with Crippen LogP contribution in [0.25, 0.3) is 0 Å². The van der Waals surface area contributed by atoms with Crippen molar-refractivity contribution < 1.29 is 18.3 Å².